The minimum absolute atomic E-state index is 0.0124. The zero-order valence-electron chi connectivity index (χ0n) is 13.6. The number of carbonyl (C=O) groups excluding carboxylic acids is 2. The van der Waals surface area contributed by atoms with Gasteiger partial charge in [0.2, 0.25) is 5.91 Å². The molecule has 3 N–H and O–H groups in total. The second kappa shape index (κ2) is 6.84. The van der Waals surface area contributed by atoms with Crippen molar-refractivity contribution in [3.8, 4) is 0 Å². The number of amides is 2. The first-order chi connectivity index (χ1) is 11.5. The number of hydrogen-bond acceptors (Lipinski definition) is 5. The standard InChI is InChI=1S/C17H20N4O3/c1-10(12-7-18-8-12)16(22)20-13-3-5-14(6-4-13)21-17(23)15-9-19-24-11(15)2/h3-6,9-10,12,18H,7-8H2,1-2H3,(H,20,22)(H,21,23). The van der Waals surface area contributed by atoms with E-state index in [2.05, 4.69) is 21.1 Å². The zero-order chi connectivity index (χ0) is 17.1. The molecule has 1 unspecified atom stereocenters. The van der Waals surface area contributed by atoms with Crippen molar-refractivity contribution in [2.24, 2.45) is 11.8 Å². The highest BCUT2D eigenvalue weighted by atomic mass is 16.5. The summed E-state index contributed by atoms with van der Waals surface area (Å²) in [6.07, 6.45) is 1.38. The minimum Gasteiger partial charge on any atom is -0.361 e. The first kappa shape index (κ1) is 16.2. The van der Waals surface area contributed by atoms with Crippen molar-refractivity contribution in [1.82, 2.24) is 10.5 Å². The van der Waals surface area contributed by atoms with Gasteiger partial charge in [0, 0.05) is 17.3 Å². The maximum Gasteiger partial charge on any atom is 0.260 e. The first-order valence-corrected chi connectivity index (χ1v) is 7.89. The summed E-state index contributed by atoms with van der Waals surface area (Å²) in [5.74, 6) is 0.573. The second-order valence-electron chi connectivity index (χ2n) is 6.02. The molecule has 0 spiro atoms. The third-order valence-corrected chi connectivity index (χ3v) is 4.34. The van der Waals surface area contributed by atoms with Gasteiger partial charge in [-0.3, -0.25) is 9.59 Å². The highest BCUT2D eigenvalue weighted by Gasteiger charge is 2.28. The lowest BCUT2D eigenvalue weighted by atomic mass is 9.88. The van der Waals surface area contributed by atoms with Gasteiger partial charge in [-0.25, -0.2) is 0 Å². The van der Waals surface area contributed by atoms with Crippen molar-refractivity contribution in [3.63, 3.8) is 0 Å². The number of carbonyl (C=O) groups is 2. The fraction of sp³-hybridized carbons (Fsp3) is 0.353. The van der Waals surface area contributed by atoms with Crippen molar-refractivity contribution >= 4 is 23.2 Å². The van der Waals surface area contributed by atoms with Gasteiger partial charge in [0.25, 0.3) is 5.91 Å². The number of aryl methyl sites for hydroxylation is 1. The Morgan fingerprint density at radius 2 is 1.83 bits per heavy atom. The third kappa shape index (κ3) is 3.46. The maximum absolute atomic E-state index is 12.2. The van der Waals surface area contributed by atoms with Gasteiger partial charge in [-0.05, 0) is 50.2 Å². The van der Waals surface area contributed by atoms with E-state index < -0.39 is 0 Å². The highest BCUT2D eigenvalue weighted by molar-refractivity contribution is 6.04. The summed E-state index contributed by atoms with van der Waals surface area (Å²) < 4.78 is 4.88. The first-order valence-electron chi connectivity index (χ1n) is 7.89. The van der Waals surface area contributed by atoms with Gasteiger partial charge >= 0.3 is 0 Å². The van der Waals surface area contributed by atoms with E-state index in [9.17, 15) is 9.59 Å². The number of anilines is 2. The number of rotatable bonds is 5. The Balaban J connectivity index is 1.58. The number of aromatic nitrogens is 1. The van der Waals surface area contributed by atoms with E-state index in [0.29, 0.717) is 28.6 Å². The summed E-state index contributed by atoms with van der Waals surface area (Å²) in [6.45, 7) is 5.40. The second-order valence-corrected chi connectivity index (χ2v) is 6.02. The van der Waals surface area contributed by atoms with Crippen molar-refractivity contribution < 1.29 is 14.1 Å². The molecule has 0 saturated carbocycles. The third-order valence-electron chi connectivity index (χ3n) is 4.34. The summed E-state index contributed by atoms with van der Waals surface area (Å²) >= 11 is 0. The molecule has 1 aliphatic rings. The Kier molecular flexibility index (Phi) is 4.61. The Hall–Kier alpha value is -2.67. The average Bonchev–Trinajstić information content (AvgIpc) is 2.93. The van der Waals surface area contributed by atoms with Crippen LogP contribution in [0.25, 0.3) is 0 Å². The van der Waals surface area contributed by atoms with Crippen molar-refractivity contribution in [1.29, 1.82) is 0 Å². The average molecular weight is 328 g/mol. The lowest BCUT2D eigenvalue weighted by Crippen LogP contribution is -2.48. The van der Waals surface area contributed by atoms with E-state index >= 15 is 0 Å². The molecule has 0 aliphatic carbocycles. The van der Waals surface area contributed by atoms with Gasteiger partial charge in [-0.2, -0.15) is 0 Å². The summed E-state index contributed by atoms with van der Waals surface area (Å²) in [7, 11) is 0. The van der Waals surface area contributed by atoms with E-state index in [1.54, 1.807) is 31.2 Å². The van der Waals surface area contributed by atoms with E-state index in [1.165, 1.54) is 6.20 Å². The van der Waals surface area contributed by atoms with Gasteiger partial charge in [-0.1, -0.05) is 12.1 Å². The molecular formula is C17H20N4O3. The molecule has 1 aromatic heterocycles. The Morgan fingerprint density at radius 1 is 1.21 bits per heavy atom. The van der Waals surface area contributed by atoms with Crippen LogP contribution in [0, 0.1) is 18.8 Å². The molecule has 1 atom stereocenters. The van der Waals surface area contributed by atoms with Gasteiger partial charge in [0.1, 0.15) is 11.3 Å². The number of nitrogens with one attached hydrogen (secondary N) is 3. The van der Waals surface area contributed by atoms with Crippen LogP contribution < -0.4 is 16.0 Å². The quantitative estimate of drug-likeness (QED) is 0.780. The largest absolute Gasteiger partial charge is 0.361 e. The Labute approximate surface area is 139 Å². The minimum atomic E-state index is -0.281. The van der Waals surface area contributed by atoms with Gasteiger partial charge in [0.15, 0.2) is 0 Å². The topological polar surface area (TPSA) is 96.3 Å². The molecule has 7 nitrogen and oxygen atoms in total. The van der Waals surface area contributed by atoms with Crippen LogP contribution in [0.2, 0.25) is 0 Å². The monoisotopic (exact) mass is 328 g/mol. The molecular weight excluding hydrogens is 308 g/mol. The molecule has 2 amide bonds. The van der Waals surface area contributed by atoms with Crippen LogP contribution in [0.4, 0.5) is 11.4 Å². The van der Waals surface area contributed by atoms with Crippen LogP contribution in [0.3, 0.4) is 0 Å². The number of nitrogens with zero attached hydrogens (tertiary/aromatic N) is 1. The summed E-state index contributed by atoms with van der Waals surface area (Å²) in [5.41, 5.74) is 1.74. The molecule has 2 heterocycles. The Morgan fingerprint density at radius 3 is 2.33 bits per heavy atom. The fourth-order valence-electron chi connectivity index (χ4n) is 2.49. The van der Waals surface area contributed by atoms with E-state index in [1.807, 2.05) is 6.92 Å². The van der Waals surface area contributed by atoms with Gasteiger partial charge < -0.3 is 20.5 Å². The van der Waals surface area contributed by atoms with Crippen LogP contribution in [0.1, 0.15) is 23.0 Å². The summed E-state index contributed by atoms with van der Waals surface area (Å²) in [6, 6.07) is 7.01. The lowest BCUT2D eigenvalue weighted by Gasteiger charge is -2.31. The van der Waals surface area contributed by atoms with Gasteiger partial charge in [0.05, 0.1) is 6.20 Å². The SMILES string of the molecule is Cc1oncc1C(=O)Nc1ccc(NC(=O)C(C)C2CNC2)cc1. The molecule has 24 heavy (non-hydrogen) atoms. The maximum atomic E-state index is 12.2. The van der Waals surface area contributed by atoms with E-state index in [0.717, 1.165) is 13.1 Å². The molecule has 1 fully saturated rings. The number of hydrogen-bond donors (Lipinski definition) is 3. The summed E-state index contributed by atoms with van der Waals surface area (Å²) in [5, 5.41) is 12.4. The highest BCUT2D eigenvalue weighted by Crippen LogP contribution is 2.20. The van der Waals surface area contributed by atoms with Crippen LogP contribution in [0.5, 0.6) is 0 Å². The normalized spacial score (nSPS) is 15.4. The fourth-order valence-corrected chi connectivity index (χ4v) is 2.49. The smallest absolute Gasteiger partial charge is 0.260 e. The van der Waals surface area contributed by atoms with E-state index in [-0.39, 0.29) is 17.7 Å². The zero-order valence-corrected chi connectivity index (χ0v) is 13.6. The molecule has 7 heteroatoms. The predicted molar refractivity (Wildman–Crippen MR) is 89.8 cm³/mol. The molecule has 2 aromatic rings. The van der Waals surface area contributed by atoms with Crippen molar-refractivity contribution in [2.75, 3.05) is 23.7 Å². The van der Waals surface area contributed by atoms with Crippen LogP contribution in [-0.4, -0.2) is 30.1 Å². The van der Waals surface area contributed by atoms with Crippen LogP contribution in [0.15, 0.2) is 35.0 Å². The lowest BCUT2D eigenvalue weighted by molar-refractivity contribution is -0.121. The molecule has 3 rings (SSSR count). The Bertz CT molecular complexity index is 735. The molecule has 1 saturated heterocycles. The molecule has 1 aliphatic heterocycles. The van der Waals surface area contributed by atoms with E-state index in [4.69, 9.17) is 4.52 Å². The van der Waals surface area contributed by atoms with Crippen LogP contribution in [-0.2, 0) is 4.79 Å². The molecule has 0 bridgehead atoms. The summed E-state index contributed by atoms with van der Waals surface area (Å²) in [4.78, 5) is 24.3. The molecule has 1 aromatic carbocycles. The van der Waals surface area contributed by atoms with Crippen LogP contribution >= 0.6 is 0 Å². The van der Waals surface area contributed by atoms with Crippen molar-refractivity contribution in [2.45, 2.75) is 13.8 Å². The van der Waals surface area contributed by atoms with Gasteiger partial charge in [-0.15, -0.1) is 0 Å². The van der Waals surface area contributed by atoms with Crippen molar-refractivity contribution in [3.05, 3.63) is 41.8 Å². The molecule has 126 valence electrons. The number of benzene rings is 1. The molecule has 0 radical (unpaired) electrons. The predicted octanol–water partition coefficient (Wildman–Crippen LogP) is 2.03.